The van der Waals surface area contributed by atoms with Crippen LogP contribution in [0.1, 0.15) is 18.5 Å². The fourth-order valence-corrected chi connectivity index (χ4v) is 2.97. The molecule has 1 unspecified atom stereocenters. The molecule has 1 N–H and O–H groups in total. The van der Waals surface area contributed by atoms with Gasteiger partial charge in [-0.25, -0.2) is 0 Å². The largest absolute Gasteiger partial charge is 0.375 e. The van der Waals surface area contributed by atoms with E-state index >= 15 is 0 Å². The summed E-state index contributed by atoms with van der Waals surface area (Å²) in [7, 11) is 1.55. The van der Waals surface area contributed by atoms with Gasteiger partial charge in [-0.1, -0.05) is 0 Å². The second kappa shape index (κ2) is 7.32. The van der Waals surface area contributed by atoms with Crippen molar-refractivity contribution in [3.63, 3.8) is 0 Å². The Labute approximate surface area is 135 Å². The van der Waals surface area contributed by atoms with E-state index in [9.17, 15) is 4.79 Å². The Kier molecular flexibility index (Phi) is 4.97. The minimum absolute atomic E-state index is 0.0675. The van der Waals surface area contributed by atoms with E-state index in [2.05, 4.69) is 20.2 Å². The molecule has 3 heterocycles. The van der Waals surface area contributed by atoms with Crippen LogP contribution in [-0.4, -0.2) is 57.8 Å². The molecule has 122 valence electrons. The van der Waals surface area contributed by atoms with Gasteiger partial charge in [-0.3, -0.25) is 19.9 Å². The Bertz CT molecular complexity index is 626. The fourth-order valence-electron chi connectivity index (χ4n) is 2.97. The summed E-state index contributed by atoms with van der Waals surface area (Å²) in [5, 5.41) is 6.79. The number of aromatic nitrogens is 4. The molecule has 0 aromatic carbocycles. The van der Waals surface area contributed by atoms with Crippen LogP contribution in [0.3, 0.4) is 0 Å². The van der Waals surface area contributed by atoms with Gasteiger partial charge in [-0.15, -0.1) is 0 Å². The summed E-state index contributed by atoms with van der Waals surface area (Å²) in [4.78, 5) is 22.8. The first-order chi connectivity index (χ1) is 11.3. The molecule has 0 radical (unpaired) electrons. The lowest BCUT2D eigenvalue weighted by Crippen LogP contribution is -2.42. The first-order valence-corrected chi connectivity index (χ1v) is 7.83. The summed E-state index contributed by atoms with van der Waals surface area (Å²) in [5.74, 6) is 0.495. The molecule has 0 bridgehead atoms. The average Bonchev–Trinajstić information content (AvgIpc) is 3.11. The number of likely N-dealkylation sites (tertiary alicyclic amines) is 1. The fraction of sp³-hybridized carbons (Fsp3) is 0.500. The molecule has 1 saturated heterocycles. The van der Waals surface area contributed by atoms with E-state index in [1.807, 2.05) is 17.2 Å². The minimum atomic E-state index is 0.0675. The highest BCUT2D eigenvalue weighted by atomic mass is 16.5. The Hall–Kier alpha value is -2.28. The normalized spacial score (nSPS) is 18.1. The molecule has 2 aromatic heterocycles. The van der Waals surface area contributed by atoms with Crippen LogP contribution in [0.25, 0.3) is 11.4 Å². The Balaban J connectivity index is 1.59. The van der Waals surface area contributed by atoms with Crippen molar-refractivity contribution in [3.05, 3.63) is 30.4 Å². The zero-order valence-corrected chi connectivity index (χ0v) is 13.2. The molecule has 7 heteroatoms. The van der Waals surface area contributed by atoms with Crippen LogP contribution < -0.4 is 0 Å². The number of amides is 1. The molecular formula is C16H21N5O2. The number of rotatable bonds is 5. The van der Waals surface area contributed by atoms with Gasteiger partial charge in [0.25, 0.3) is 0 Å². The van der Waals surface area contributed by atoms with Gasteiger partial charge in [0.05, 0.1) is 17.6 Å². The summed E-state index contributed by atoms with van der Waals surface area (Å²) in [6.45, 7) is 1.75. The number of methoxy groups -OCH3 is 1. The molecule has 2 aromatic rings. The lowest BCUT2D eigenvalue weighted by atomic mass is 9.93. The van der Waals surface area contributed by atoms with Crippen molar-refractivity contribution in [1.82, 2.24) is 25.1 Å². The predicted molar refractivity (Wildman–Crippen MR) is 84.5 cm³/mol. The molecule has 1 amide bonds. The van der Waals surface area contributed by atoms with E-state index in [0.29, 0.717) is 5.92 Å². The molecular weight excluding hydrogens is 294 g/mol. The maximum absolute atomic E-state index is 11.9. The summed E-state index contributed by atoms with van der Waals surface area (Å²) < 4.78 is 4.94. The van der Waals surface area contributed by atoms with Gasteiger partial charge in [0.15, 0.2) is 0 Å². The third-order valence-electron chi connectivity index (χ3n) is 4.12. The van der Waals surface area contributed by atoms with Gasteiger partial charge in [-0.05, 0) is 31.2 Å². The molecule has 1 atom stereocenters. The highest BCUT2D eigenvalue weighted by Crippen LogP contribution is 2.21. The molecule has 0 spiro atoms. The first kappa shape index (κ1) is 15.6. The molecule has 3 rings (SSSR count). The van der Waals surface area contributed by atoms with Crippen molar-refractivity contribution in [2.75, 3.05) is 26.8 Å². The molecule has 1 aliphatic heterocycles. The number of ether oxygens (including phenoxy) is 1. The number of nitrogens with zero attached hydrogens (tertiary/aromatic N) is 4. The van der Waals surface area contributed by atoms with Crippen LogP contribution in [0.2, 0.25) is 0 Å². The second-order valence-corrected chi connectivity index (χ2v) is 5.85. The van der Waals surface area contributed by atoms with Gasteiger partial charge in [0.2, 0.25) is 5.91 Å². The maximum atomic E-state index is 11.9. The van der Waals surface area contributed by atoms with E-state index in [1.165, 1.54) is 0 Å². The van der Waals surface area contributed by atoms with Crippen LogP contribution in [0, 0.1) is 5.92 Å². The monoisotopic (exact) mass is 315 g/mol. The van der Waals surface area contributed by atoms with Crippen molar-refractivity contribution in [1.29, 1.82) is 0 Å². The van der Waals surface area contributed by atoms with Gasteiger partial charge < -0.3 is 9.64 Å². The van der Waals surface area contributed by atoms with Crippen molar-refractivity contribution >= 4 is 5.91 Å². The lowest BCUT2D eigenvalue weighted by molar-refractivity contribution is -0.136. The first-order valence-electron chi connectivity index (χ1n) is 7.83. The summed E-state index contributed by atoms with van der Waals surface area (Å²) in [5.41, 5.74) is 2.60. The Morgan fingerprint density at radius 2 is 2.35 bits per heavy atom. The van der Waals surface area contributed by atoms with Gasteiger partial charge in [0.1, 0.15) is 12.3 Å². The standard InChI is InChI=1S/C16H21N5O2/c1-23-11-16(22)21-6-2-3-12(10-21)7-13-8-18-15(9-17-13)14-4-5-19-20-14/h4-5,8-9,12H,2-3,6-7,10-11H2,1H3,(H,19,20). The number of aromatic amines is 1. The second-order valence-electron chi connectivity index (χ2n) is 5.85. The van der Waals surface area contributed by atoms with E-state index in [1.54, 1.807) is 19.5 Å². The van der Waals surface area contributed by atoms with E-state index in [4.69, 9.17) is 4.74 Å². The molecule has 1 fully saturated rings. The zero-order chi connectivity index (χ0) is 16.1. The van der Waals surface area contributed by atoms with E-state index in [0.717, 1.165) is 49.4 Å². The van der Waals surface area contributed by atoms with Crippen molar-refractivity contribution < 1.29 is 9.53 Å². The Morgan fingerprint density at radius 3 is 3.04 bits per heavy atom. The molecule has 7 nitrogen and oxygen atoms in total. The minimum Gasteiger partial charge on any atom is -0.375 e. The number of H-pyrrole nitrogens is 1. The van der Waals surface area contributed by atoms with E-state index < -0.39 is 0 Å². The van der Waals surface area contributed by atoms with Crippen LogP contribution in [-0.2, 0) is 16.0 Å². The average molecular weight is 315 g/mol. The van der Waals surface area contributed by atoms with Crippen LogP contribution in [0.4, 0.5) is 0 Å². The van der Waals surface area contributed by atoms with Crippen molar-refractivity contribution in [2.45, 2.75) is 19.3 Å². The smallest absolute Gasteiger partial charge is 0.248 e. The van der Waals surface area contributed by atoms with Gasteiger partial charge in [-0.2, -0.15) is 5.10 Å². The molecule has 1 aliphatic rings. The maximum Gasteiger partial charge on any atom is 0.248 e. The highest BCUT2D eigenvalue weighted by molar-refractivity contribution is 5.77. The topological polar surface area (TPSA) is 84.0 Å². The molecule has 0 aliphatic carbocycles. The lowest BCUT2D eigenvalue weighted by Gasteiger charge is -2.32. The third-order valence-corrected chi connectivity index (χ3v) is 4.12. The number of nitrogens with one attached hydrogen (secondary N) is 1. The number of carbonyl (C=O) groups excluding carboxylic acids is 1. The summed E-state index contributed by atoms with van der Waals surface area (Å²) in [6, 6.07) is 1.87. The van der Waals surface area contributed by atoms with Gasteiger partial charge in [0, 0.05) is 32.6 Å². The predicted octanol–water partition coefficient (Wildman–Crippen LogP) is 1.29. The van der Waals surface area contributed by atoms with Crippen LogP contribution in [0.15, 0.2) is 24.7 Å². The number of carbonyl (C=O) groups is 1. The highest BCUT2D eigenvalue weighted by Gasteiger charge is 2.24. The summed E-state index contributed by atoms with van der Waals surface area (Å²) in [6.07, 6.45) is 8.25. The van der Waals surface area contributed by atoms with Crippen molar-refractivity contribution in [3.8, 4) is 11.4 Å². The van der Waals surface area contributed by atoms with Crippen LogP contribution >= 0.6 is 0 Å². The molecule has 0 saturated carbocycles. The molecule has 23 heavy (non-hydrogen) atoms. The number of hydrogen-bond donors (Lipinski definition) is 1. The van der Waals surface area contributed by atoms with Crippen LogP contribution in [0.5, 0.6) is 0 Å². The van der Waals surface area contributed by atoms with Gasteiger partial charge >= 0.3 is 0 Å². The SMILES string of the molecule is COCC(=O)N1CCCC(Cc2cnc(-c3ccn[nH]3)cn2)C1. The van der Waals surface area contributed by atoms with Crippen molar-refractivity contribution in [2.24, 2.45) is 5.92 Å². The van der Waals surface area contributed by atoms with E-state index in [-0.39, 0.29) is 12.5 Å². The quantitative estimate of drug-likeness (QED) is 0.899. The number of hydrogen-bond acceptors (Lipinski definition) is 5. The third kappa shape index (κ3) is 3.92. The zero-order valence-electron chi connectivity index (χ0n) is 13.2. The summed E-state index contributed by atoms with van der Waals surface area (Å²) >= 11 is 0. The Morgan fingerprint density at radius 1 is 1.43 bits per heavy atom. The number of piperidine rings is 1.